The Labute approximate surface area is 113 Å². The highest BCUT2D eigenvalue weighted by atomic mass is 35.5. The van der Waals surface area contributed by atoms with E-state index < -0.39 is 0 Å². The molecule has 0 amide bonds. The van der Waals surface area contributed by atoms with E-state index in [0.717, 1.165) is 5.52 Å². The summed E-state index contributed by atoms with van der Waals surface area (Å²) in [6.45, 7) is 0.362. The molecule has 0 aliphatic rings. The van der Waals surface area contributed by atoms with Crippen LogP contribution >= 0.6 is 11.6 Å². The lowest BCUT2D eigenvalue weighted by Crippen LogP contribution is -1.86. The highest BCUT2D eigenvalue weighted by Crippen LogP contribution is 2.27. The fraction of sp³-hybridized carbons (Fsp3) is 0.167. The summed E-state index contributed by atoms with van der Waals surface area (Å²) in [5, 5.41) is 4.49. The van der Waals surface area contributed by atoms with E-state index in [-0.39, 0.29) is 0 Å². The minimum atomic E-state index is 0.362. The smallest absolute Gasteiger partial charge is 0.163 e. The van der Waals surface area contributed by atoms with Gasteiger partial charge < -0.3 is 20.0 Å². The molecule has 19 heavy (non-hydrogen) atoms. The van der Waals surface area contributed by atoms with Gasteiger partial charge in [0.25, 0.3) is 0 Å². The largest absolute Gasteiger partial charge is 0.397 e. The Morgan fingerprint density at radius 3 is 3.05 bits per heavy atom. The second-order valence-corrected chi connectivity index (χ2v) is 4.52. The van der Waals surface area contributed by atoms with Crippen molar-refractivity contribution in [3.05, 3.63) is 29.0 Å². The molecule has 0 spiro atoms. The number of hydrogen-bond acceptors (Lipinski definition) is 5. The highest BCUT2D eigenvalue weighted by Gasteiger charge is 2.12. The number of imidazole rings is 1. The number of halogens is 1. The maximum atomic E-state index is 5.95. The Morgan fingerprint density at radius 1 is 1.42 bits per heavy atom. The summed E-state index contributed by atoms with van der Waals surface area (Å²) in [7, 11) is 1.59. The molecule has 2 aromatic heterocycles. The molecule has 0 saturated carbocycles. The SMILES string of the molecule is COCc1cc(-c2nc3c(N)cc(Cl)cc3[nH]2)no1. The zero-order chi connectivity index (χ0) is 13.4. The molecule has 98 valence electrons. The molecule has 3 rings (SSSR count). The van der Waals surface area contributed by atoms with Crippen molar-refractivity contribution >= 4 is 28.3 Å². The quantitative estimate of drug-likeness (QED) is 0.719. The van der Waals surface area contributed by atoms with Gasteiger partial charge in [-0.05, 0) is 12.1 Å². The van der Waals surface area contributed by atoms with Gasteiger partial charge >= 0.3 is 0 Å². The summed E-state index contributed by atoms with van der Waals surface area (Å²) in [6, 6.07) is 5.19. The molecule has 2 heterocycles. The van der Waals surface area contributed by atoms with Crippen LogP contribution in [0.5, 0.6) is 0 Å². The van der Waals surface area contributed by atoms with Crippen LogP contribution in [0.2, 0.25) is 5.02 Å². The second kappa shape index (κ2) is 4.56. The first kappa shape index (κ1) is 12.0. The van der Waals surface area contributed by atoms with Gasteiger partial charge in [-0.2, -0.15) is 0 Å². The third-order valence-corrected chi connectivity index (χ3v) is 2.89. The van der Waals surface area contributed by atoms with Gasteiger partial charge in [0.1, 0.15) is 17.8 Å². The maximum absolute atomic E-state index is 5.95. The molecule has 0 atom stereocenters. The van der Waals surface area contributed by atoms with Crippen molar-refractivity contribution in [3.8, 4) is 11.5 Å². The molecular formula is C12H11ClN4O2. The van der Waals surface area contributed by atoms with Crippen LogP contribution < -0.4 is 5.73 Å². The molecule has 3 N–H and O–H groups in total. The lowest BCUT2D eigenvalue weighted by atomic mass is 10.3. The molecule has 6 nitrogen and oxygen atoms in total. The van der Waals surface area contributed by atoms with E-state index in [9.17, 15) is 0 Å². The summed E-state index contributed by atoms with van der Waals surface area (Å²) in [5.41, 5.74) is 8.41. The number of H-pyrrole nitrogens is 1. The standard InChI is InChI=1S/C12H11ClN4O2/c1-18-5-7-4-10(17-19-7)12-15-9-3-6(13)2-8(14)11(9)16-12/h2-4H,5,14H2,1H3,(H,15,16). The van der Waals surface area contributed by atoms with Crippen LogP contribution in [0, 0.1) is 0 Å². The number of hydrogen-bond donors (Lipinski definition) is 2. The minimum absolute atomic E-state index is 0.362. The zero-order valence-corrected chi connectivity index (χ0v) is 10.9. The number of aromatic amines is 1. The Kier molecular flexibility index (Phi) is 2.88. The molecule has 1 aromatic carbocycles. The Bertz CT molecular complexity index is 734. The lowest BCUT2D eigenvalue weighted by Gasteiger charge is -1.94. The predicted octanol–water partition coefficient (Wildman–Crippen LogP) is 2.60. The molecule has 0 fully saturated rings. The average Bonchev–Trinajstić information content (AvgIpc) is 2.95. The molecule has 7 heteroatoms. The van der Waals surface area contributed by atoms with Gasteiger partial charge in [0.2, 0.25) is 0 Å². The van der Waals surface area contributed by atoms with Crippen LogP contribution in [0.15, 0.2) is 22.7 Å². The number of benzene rings is 1. The summed E-state index contributed by atoms with van der Waals surface area (Å²) >= 11 is 5.95. The first-order chi connectivity index (χ1) is 9.17. The van der Waals surface area contributed by atoms with Crippen LogP contribution in [0.3, 0.4) is 0 Å². The van der Waals surface area contributed by atoms with Crippen LogP contribution in [-0.2, 0) is 11.3 Å². The average molecular weight is 279 g/mol. The third-order valence-electron chi connectivity index (χ3n) is 2.67. The number of nitrogen functional groups attached to an aromatic ring is 1. The second-order valence-electron chi connectivity index (χ2n) is 4.09. The van der Waals surface area contributed by atoms with E-state index in [1.54, 1.807) is 25.3 Å². The fourth-order valence-corrected chi connectivity index (χ4v) is 2.09. The summed E-state index contributed by atoms with van der Waals surface area (Å²) in [6.07, 6.45) is 0. The molecule has 0 aliphatic carbocycles. The van der Waals surface area contributed by atoms with E-state index in [0.29, 0.717) is 40.1 Å². The van der Waals surface area contributed by atoms with Gasteiger partial charge in [0, 0.05) is 18.2 Å². The van der Waals surface area contributed by atoms with Gasteiger partial charge in [-0.1, -0.05) is 16.8 Å². The summed E-state index contributed by atoms with van der Waals surface area (Å²) < 4.78 is 10.1. The van der Waals surface area contributed by atoms with E-state index in [1.807, 2.05) is 0 Å². The van der Waals surface area contributed by atoms with Gasteiger partial charge in [0.05, 0.1) is 11.2 Å². The van der Waals surface area contributed by atoms with Crippen molar-refractivity contribution in [2.24, 2.45) is 0 Å². The number of aromatic nitrogens is 3. The monoisotopic (exact) mass is 278 g/mol. The van der Waals surface area contributed by atoms with Crippen molar-refractivity contribution < 1.29 is 9.26 Å². The molecule has 0 bridgehead atoms. The van der Waals surface area contributed by atoms with E-state index in [2.05, 4.69) is 15.1 Å². The number of rotatable bonds is 3. The minimum Gasteiger partial charge on any atom is -0.397 e. The third kappa shape index (κ3) is 2.16. The van der Waals surface area contributed by atoms with Gasteiger partial charge in [-0.15, -0.1) is 0 Å². The van der Waals surface area contributed by atoms with Crippen molar-refractivity contribution in [2.75, 3.05) is 12.8 Å². The molecule has 0 unspecified atom stereocenters. The number of nitrogens with zero attached hydrogens (tertiary/aromatic N) is 2. The number of ether oxygens (including phenoxy) is 1. The summed E-state index contributed by atoms with van der Waals surface area (Å²) in [5.74, 6) is 1.21. The van der Waals surface area contributed by atoms with Crippen molar-refractivity contribution in [3.63, 3.8) is 0 Å². The molecule has 0 aliphatic heterocycles. The first-order valence-electron chi connectivity index (χ1n) is 5.57. The topological polar surface area (TPSA) is 90.0 Å². The Morgan fingerprint density at radius 2 is 2.26 bits per heavy atom. The number of fused-ring (bicyclic) bond motifs is 1. The van der Waals surface area contributed by atoms with E-state index in [4.69, 9.17) is 26.6 Å². The molecular weight excluding hydrogens is 268 g/mol. The van der Waals surface area contributed by atoms with Gasteiger partial charge in [-0.25, -0.2) is 4.98 Å². The normalized spacial score (nSPS) is 11.3. The first-order valence-corrected chi connectivity index (χ1v) is 5.95. The number of methoxy groups -OCH3 is 1. The highest BCUT2D eigenvalue weighted by molar-refractivity contribution is 6.31. The van der Waals surface area contributed by atoms with Crippen LogP contribution in [-0.4, -0.2) is 22.2 Å². The van der Waals surface area contributed by atoms with Crippen LogP contribution in [0.4, 0.5) is 5.69 Å². The van der Waals surface area contributed by atoms with E-state index >= 15 is 0 Å². The Hall–Kier alpha value is -2.05. The van der Waals surface area contributed by atoms with Crippen molar-refractivity contribution in [2.45, 2.75) is 6.61 Å². The molecule has 3 aromatic rings. The van der Waals surface area contributed by atoms with Crippen LogP contribution in [0.1, 0.15) is 5.76 Å². The Balaban J connectivity index is 2.07. The van der Waals surface area contributed by atoms with Crippen molar-refractivity contribution in [1.29, 1.82) is 0 Å². The van der Waals surface area contributed by atoms with Gasteiger partial charge in [0.15, 0.2) is 11.6 Å². The fourth-order valence-electron chi connectivity index (χ4n) is 1.86. The molecule has 0 saturated heterocycles. The predicted molar refractivity (Wildman–Crippen MR) is 71.7 cm³/mol. The van der Waals surface area contributed by atoms with Crippen molar-refractivity contribution in [1.82, 2.24) is 15.1 Å². The van der Waals surface area contributed by atoms with E-state index in [1.165, 1.54) is 0 Å². The van der Waals surface area contributed by atoms with Gasteiger partial charge in [-0.3, -0.25) is 0 Å². The lowest BCUT2D eigenvalue weighted by molar-refractivity contribution is 0.156. The zero-order valence-electron chi connectivity index (χ0n) is 10.1. The number of nitrogens with one attached hydrogen (secondary N) is 1. The molecule has 0 radical (unpaired) electrons. The summed E-state index contributed by atoms with van der Waals surface area (Å²) in [4.78, 5) is 7.50. The number of anilines is 1. The maximum Gasteiger partial charge on any atom is 0.163 e. The number of nitrogens with two attached hydrogens (primary N) is 1. The van der Waals surface area contributed by atoms with Crippen LogP contribution in [0.25, 0.3) is 22.6 Å².